The molecule has 1 aromatic heterocycles. The minimum Gasteiger partial charge on any atom is -0.275 e. The highest BCUT2D eigenvalue weighted by Gasteiger charge is 2.25. The smallest absolute Gasteiger partial charge is 0.275 e. The van der Waals surface area contributed by atoms with Crippen molar-refractivity contribution in [3.8, 4) is 0 Å². The second-order valence-electron chi connectivity index (χ2n) is 3.52. The first kappa shape index (κ1) is 13.9. The molecule has 0 saturated heterocycles. The average molecular weight is 353 g/mol. The fourth-order valence-electron chi connectivity index (χ4n) is 1.38. The molecule has 0 atom stereocenters. The van der Waals surface area contributed by atoms with Crippen LogP contribution >= 0.6 is 15.9 Å². The zero-order chi connectivity index (χ0) is 14.2. The quantitative estimate of drug-likeness (QED) is 0.911. The Morgan fingerprint density at radius 2 is 2.05 bits per heavy atom. The minimum atomic E-state index is -4.14. The molecule has 0 radical (unpaired) electrons. The molecule has 0 spiro atoms. The fraction of sp³-hybridized carbons (Fsp3) is 0.111. The van der Waals surface area contributed by atoms with E-state index >= 15 is 0 Å². The van der Waals surface area contributed by atoms with Gasteiger partial charge in [0.2, 0.25) is 5.03 Å². The van der Waals surface area contributed by atoms with Gasteiger partial charge in [-0.3, -0.25) is 4.72 Å². The molecule has 1 N–H and O–H groups in total. The summed E-state index contributed by atoms with van der Waals surface area (Å²) in [6.45, 7) is 0. The number of sulfonamides is 1. The minimum absolute atomic E-state index is 0.0284. The van der Waals surface area contributed by atoms with Gasteiger partial charge >= 0.3 is 0 Å². The number of anilines is 1. The summed E-state index contributed by atoms with van der Waals surface area (Å²) < 4.78 is 53.4. The van der Waals surface area contributed by atoms with Crippen molar-refractivity contribution >= 4 is 31.6 Å². The summed E-state index contributed by atoms with van der Waals surface area (Å²) in [5.74, 6) is -2.43. The Balaban J connectivity index is 2.46. The Hall–Kier alpha value is -1.55. The van der Waals surface area contributed by atoms with E-state index in [0.717, 1.165) is 16.8 Å². The second kappa shape index (κ2) is 4.85. The molecule has 2 rings (SSSR count). The van der Waals surface area contributed by atoms with Gasteiger partial charge in [0.1, 0.15) is 0 Å². The highest BCUT2D eigenvalue weighted by atomic mass is 79.9. The lowest BCUT2D eigenvalue weighted by Gasteiger charge is -2.08. The van der Waals surface area contributed by atoms with E-state index in [4.69, 9.17) is 0 Å². The van der Waals surface area contributed by atoms with Crippen LogP contribution in [0.3, 0.4) is 0 Å². The second-order valence-corrected chi connectivity index (χ2v) is 5.86. The molecule has 6 nitrogen and oxygen atoms in total. The van der Waals surface area contributed by atoms with Crippen molar-refractivity contribution in [2.45, 2.75) is 5.03 Å². The monoisotopic (exact) mass is 352 g/mol. The maximum absolute atomic E-state index is 13.4. The molecule has 0 aliphatic carbocycles. The van der Waals surface area contributed by atoms with Crippen molar-refractivity contribution in [3.63, 3.8) is 0 Å². The van der Waals surface area contributed by atoms with E-state index in [9.17, 15) is 17.2 Å². The molecule has 0 aliphatic rings. The average Bonchev–Trinajstić information content (AvgIpc) is 2.65. The van der Waals surface area contributed by atoms with Gasteiger partial charge in [0.15, 0.2) is 16.2 Å². The highest BCUT2D eigenvalue weighted by molar-refractivity contribution is 9.10. The first-order valence-corrected chi connectivity index (χ1v) is 7.12. The molecule has 19 heavy (non-hydrogen) atoms. The topological polar surface area (TPSA) is 76.9 Å². The Morgan fingerprint density at radius 1 is 1.37 bits per heavy atom. The number of aryl methyl sites for hydroxylation is 1. The predicted molar refractivity (Wildman–Crippen MR) is 65.9 cm³/mol. The number of rotatable bonds is 3. The maximum atomic E-state index is 13.4. The van der Waals surface area contributed by atoms with Crippen LogP contribution in [-0.2, 0) is 17.1 Å². The number of hydrogen-bond acceptors (Lipinski definition) is 4. The third-order valence-corrected chi connectivity index (χ3v) is 4.44. The van der Waals surface area contributed by atoms with Crippen molar-refractivity contribution < 1.29 is 17.2 Å². The van der Waals surface area contributed by atoms with Crippen molar-refractivity contribution in [1.29, 1.82) is 0 Å². The SMILES string of the molecule is Cn1nnc(Br)c1S(=O)(=O)Nc1cccc(F)c1F. The van der Waals surface area contributed by atoms with Gasteiger partial charge in [0.05, 0.1) is 5.69 Å². The summed E-state index contributed by atoms with van der Waals surface area (Å²) in [7, 11) is -2.78. The van der Waals surface area contributed by atoms with Crippen LogP contribution in [-0.4, -0.2) is 23.4 Å². The molecule has 1 aromatic carbocycles. The van der Waals surface area contributed by atoms with Crippen LogP contribution in [0.4, 0.5) is 14.5 Å². The first-order valence-electron chi connectivity index (χ1n) is 4.85. The zero-order valence-corrected chi connectivity index (χ0v) is 11.8. The van der Waals surface area contributed by atoms with Gasteiger partial charge in [-0.25, -0.2) is 13.5 Å². The fourth-order valence-corrected chi connectivity index (χ4v) is 3.54. The molecule has 0 unspecified atom stereocenters. The predicted octanol–water partition coefficient (Wildman–Crippen LogP) is 1.66. The number of aromatic nitrogens is 3. The standard InChI is InChI=1S/C9H7BrF2N4O2S/c1-16-9(8(10)13-15-16)19(17,18)14-6-4-2-3-5(11)7(6)12/h2-4,14H,1H3. The van der Waals surface area contributed by atoms with Crippen LogP contribution in [0.15, 0.2) is 27.8 Å². The van der Waals surface area contributed by atoms with E-state index in [1.807, 2.05) is 4.72 Å². The van der Waals surface area contributed by atoms with Crippen molar-refractivity contribution in [2.75, 3.05) is 4.72 Å². The van der Waals surface area contributed by atoms with E-state index in [0.29, 0.717) is 0 Å². The molecule has 0 bridgehead atoms. The summed E-state index contributed by atoms with van der Waals surface area (Å²) in [5, 5.41) is 6.71. The normalized spacial score (nSPS) is 11.6. The lowest BCUT2D eigenvalue weighted by Crippen LogP contribution is -2.18. The van der Waals surface area contributed by atoms with E-state index in [2.05, 4.69) is 26.2 Å². The Kier molecular flexibility index (Phi) is 3.54. The number of benzene rings is 1. The largest absolute Gasteiger partial charge is 0.282 e. The zero-order valence-electron chi connectivity index (χ0n) is 9.43. The number of nitrogens with one attached hydrogen (secondary N) is 1. The Morgan fingerprint density at radius 3 is 2.63 bits per heavy atom. The summed E-state index contributed by atoms with van der Waals surface area (Å²) in [6.07, 6.45) is 0. The third-order valence-electron chi connectivity index (χ3n) is 2.19. The molecule has 10 heteroatoms. The van der Waals surface area contributed by atoms with Gasteiger partial charge < -0.3 is 0 Å². The van der Waals surface area contributed by atoms with E-state index in [1.54, 1.807) is 0 Å². The van der Waals surface area contributed by atoms with Crippen LogP contribution < -0.4 is 4.72 Å². The van der Waals surface area contributed by atoms with Gasteiger partial charge in [0.25, 0.3) is 10.0 Å². The van der Waals surface area contributed by atoms with Gasteiger partial charge in [-0.2, -0.15) is 8.42 Å². The number of hydrogen-bond donors (Lipinski definition) is 1. The van der Waals surface area contributed by atoms with Gasteiger partial charge in [-0.15, -0.1) is 5.10 Å². The lowest BCUT2D eigenvalue weighted by atomic mass is 10.3. The van der Waals surface area contributed by atoms with Crippen molar-refractivity contribution in [2.24, 2.45) is 7.05 Å². The summed E-state index contributed by atoms with van der Waals surface area (Å²) in [4.78, 5) is 0. The Labute approximate surface area is 115 Å². The molecular formula is C9H7BrF2N4O2S. The molecule has 102 valence electrons. The maximum Gasteiger partial charge on any atom is 0.282 e. The van der Waals surface area contributed by atoms with Gasteiger partial charge in [-0.05, 0) is 28.1 Å². The molecule has 0 fully saturated rings. The summed E-state index contributed by atoms with van der Waals surface area (Å²) in [6, 6.07) is 3.18. The summed E-state index contributed by atoms with van der Waals surface area (Å²) in [5.41, 5.74) is -0.492. The van der Waals surface area contributed by atoms with Gasteiger partial charge in [-0.1, -0.05) is 11.3 Å². The molecule has 0 saturated carbocycles. The lowest BCUT2D eigenvalue weighted by molar-refractivity contribution is 0.511. The van der Waals surface area contributed by atoms with Gasteiger partial charge in [0, 0.05) is 7.05 Å². The molecular weight excluding hydrogens is 346 g/mol. The highest BCUT2D eigenvalue weighted by Crippen LogP contribution is 2.23. The third kappa shape index (κ3) is 2.59. The Bertz CT molecular complexity index is 712. The molecule has 2 aromatic rings. The molecule has 0 aliphatic heterocycles. The van der Waals surface area contributed by atoms with Crippen LogP contribution in [0.1, 0.15) is 0 Å². The molecule has 1 heterocycles. The molecule has 0 amide bonds. The van der Waals surface area contributed by atoms with Crippen molar-refractivity contribution in [1.82, 2.24) is 15.0 Å². The van der Waals surface area contributed by atoms with Crippen LogP contribution in [0.2, 0.25) is 0 Å². The van der Waals surface area contributed by atoms with E-state index in [-0.39, 0.29) is 9.63 Å². The summed E-state index contributed by atoms with van der Waals surface area (Å²) >= 11 is 2.92. The van der Waals surface area contributed by atoms with E-state index < -0.39 is 27.3 Å². The van der Waals surface area contributed by atoms with E-state index in [1.165, 1.54) is 13.1 Å². The van der Waals surface area contributed by atoms with Crippen LogP contribution in [0, 0.1) is 11.6 Å². The van der Waals surface area contributed by atoms with Crippen LogP contribution in [0.25, 0.3) is 0 Å². The first-order chi connectivity index (χ1) is 8.83. The number of nitrogens with zero attached hydrogens (tertiary/aromatic N) is 3. The number of halogens is 3. The van der Waals surface area contributed by atoms with Crippen molar-refractivity contribution in [3.05, 3.63) is 34.4 Å². The van der Waals surface area contributed by atoms with Crippen LogP contribution in [0.5, 0.6) is 0 Å².